The second-order valence-electron chi connectivity index (χ2n) is 6.41. The van der Waals surface area contributed by atoms with Crippen molar-refractivity contribution in [3.8, 4) is 0 Å². The molecule has 3 rings (SSSR count). The summed E-state index contributed by atoms with van der Waals surface area (Å²) >= 11 is 0. The van der Waals surface area contributed by atoms with Crippen LogP contribution in [0.4, 0.5) is 5.69 Å². The number of hydrogen-bond donors (Lipinski definition) is 3. The topological polar surface area (TPSA) is 92.1 Å². The minimum Gasteiger partial charge on any atom is -0.492 e. The summed E-state index contributed by atoms with van der Waals surface area (Å²) in [6, 6.07) is 5.14. The average Bonchev–Trinajstić information content (AvgIpc) is 3.04. The monoisotopic (exact) mass is 343 g/mol. The van der Waals surface area contributed by atoms with Crippen LogP contribution < -0.4 is 0 Å². The first-order chi connectivity index (χ1) is 11.9. The lowest BCUT2D eigenvalue weighted by molar-refractivity contribution is -0.113. The number of aliphatic hydroxyl groups is 3. The lowest BCUT2D eigenvalue weighted by Gasteiger charge is -2.38. The number of ether oxygens (including phenoxy) is 1. The number of fused-ring (bicyclic) bond motifs is 1. The number of nitrogens with zero attached hydrogens (tertiary/aromatic N) is 3. The molecule has 0 spiro atoms. The Morgan fingerprint density at radius 1 is 1.40 bits per heavy atom. The van der Waals surface area contributed by atoms with Gasteiger partial charge in [0, 0.05) is 17.5 Å². The van der Waals surface area contributed by atoms with Crippen LogP contribution in [0.3, 0.4) is 0 Å². The van der Waals surface area contributed by atoms with Crippen molar-refractivity contribution in [3.05, 3.63) is 47.6 Å². The van der Waals surface area contributed by atoms with Crippen molar-refractivity contribution in [2.75, 3.05) is 6.61 Å². The number of aliphatic hydroxyl groups excluding tert-OH is 3. The highest BCUT2D eigenvalue weighted by Gasteiger charge is 2.39. The number of benzene rings is 1. The van der Waals surface area contributed by atoms with Crippen LogP contribution in [0.15, 0.2) is 36.2 Å². The molecule has 1 aromatic heterocycles. The zero-order valence-electron chi connectivity index (χ0n) is 14.1. The molecule has 7 nitrogen and oxygen atoms in total. The zero-order valence-corrected chi connectivity index (χ0v) is 14.1. The molecule has 2 unspecified atom stereocenters. The average molecular weight is 343 g/mol. The van der Waals surface area contributed by atoms with Crippen LogP contribution in [-0.2, 0) is 4.74 Å². The van der Waals surface area contributed by atoms with Gasteiger partial charge in [-0.2, -0.15) is 5.10 Å². The van der Waals surface area contributed by atoms with Crippen LogP contribution in [0.2, 0.25) is 0 Å². The van der Waals surface area contributed by atoms with Gasteiger partial charge in [-0.3, -0.25) is 4.68 Å². The number of allylic oxidation sites excluding steroid dienone is 2. The highest BCUT2D eigenvalue weighted by molar-refractivity contribution is 5.82. The minimum absolute atomic E-state index is 0.178. The third-order valence-corrected chi connectivity index (χ3v) is 4.64. The zero-order chi connectivity index (χ0) is 18.1. The molecule has 3 N–H and O–H groups in total. The van der Waals surface area contributed by atoms with Gasteiger partial charge in [0.05, 0.1) is 30.5 Å². The van der Waals surface area contributed by atoms with Gasteiger partial charge in [-0.1, -0.05) is 13.0 Å². The summed E-state index contributed by atoms with van der Waals surface area (Å²) in [7, 11) is 0. The van der Waals surface area contributed by atoms with Gasteiger partial charge in [0.15, 0.2) is 5.69 Å². The number of aromatic nitrogens is 2. The molecule has 0 bridgehead atoms. The lowest BCUT2D eigenvalue weighted by Crippen LogP contribution is -2.47. The second kappa shape index (κ2) is 6.84. The third-order valence-electron chi connectivity index (χ3n) is 4.64. The molecule has 0 amide bonds. The third kappa shape index (κ3) is 3.24. The molecular weight excluding hydrogens is 322 g/mol. The van der Waals surface area contributed by atoms with Gasteiger partial charge in [0.1, 0.15) is 18.3 Å². The van der Waals surface area contributed by atoms with E-state index < -0.39 is 24.9 Å². The van der Waals surface area contributed by atoms with Crippen molar-refractivity contribution in [3.63, 3.8) is 0 Å². The van der Waals surface area contributed by atoms with Crippen LogP contribution in [0.1, 0.15) is 19.9 Å². The van der Waals surface area contributed by atoms with Crippen molar-refractivity contribution in [2.24, 2.45) is 5.92 Å². The van der Waals surface area contributed by atoms with E-state index in [0.717, 1.165) is 10.9 Å². The van der Waals surface area contributed by atoms with Crippen LogP contribution >= 0.6 is 0 Å². The Balaban J connectivity index is 1.95. The first kappa shape index (κ1) is 17.4. The summed E-state index contributed by atoms with van der Waals surface area (Å²) < 4.78 is 7.50. The molecule has 1 aliphatic heterocycles. The van der Waals surface area contributed by atoms with Gasteiger partial charge in [-0.15, -0.1) is 0 Å². The molecule has 0 aliphatic carbocycles. The molecule has 1 aliphatic rings. The van der Waals surface area contributed by atoms with Crippen molar-refractivity contribution in [2.45, 2.75) is 38.2 Å². The Bertz CT molecular complexity index is 838. The van der Waals surface area contributed by atoms with Crippen LogP contribution in [0, 0.1) is 12.5 Å². The summed E-state index contributed by atoms with van der Waals surface area (Å²) in [6.45, 7) is 10.3. The fraction of sp³-hybridized carbons (Fsp3) is 0.444. The molecule has 0 saturated carbocycles. The fourth-order valence-electron chi connectivity index (χ4n) is 3.23. The van der Waals surface area contributed by atoms with E-state index in [0.29, 0.717) is 11.4 Å². The van der Waals surface area contributed by atoms with E-state index in [1.54, 1.807) is 23.7 Å². The van der Waals surface area contributed by atoms with Gasteiger partial charge >= 0.3 is 0 Å². The Morgan fingerprint density at radius 3 is 2.84 bits per heavy atom. The molecule has 0 fully saturated rings. The molecule has 2 aromatic rings. The lowest BCUT2D eigenvalue weighted by atomic mass is 9.87. The van der Waals surface area contributed by atoms with Gasteiger partial charge in [-0.05, 0) is 25.1 Å². The Labute approximate surface area is 145 Å². The van der Waals surface area contributed by atoms with Gasteiger partial charge in [0.25, 0.3) is 0 Å². The van der Waals surface area contributed by atoms with E-state index >= 15 is 0 Å². The molecular formula is C18H21N3O4. The van der Waals surface area contributed by atoms with Crippen molar-refractivity contribution in [1.82, 2.24) is 9.78 Å². The molecule has 0 radical (unpaired) electrons. The van der Waals surface area contributed by atoms with Gasteiger partial charge < -0.3 is 20.1 Å². The van der Waals surface area contributed by atoms with Crippen LogP contribution in [0.25, 0.3) is 15.7 Å². The van der Waals surface area contributed by atoms with E-state index in [2.05, 4.69) is 9.94 Å². The van der Waals surface area contributed by atoms with Crippen molar-refractivity contribution in [1.29, 1.82) is 0 Å². The SMILES string of the molecule is [C-]#[N+]c1ccc2nn([C@H]3C=C(C)O[C@@H](C(O)C(O)CO)[C@@H]3C)cc2c1. The van der Waals surface area contributed by atoms with E-state index in [-0.39, 0.29) is 12.0 Å². The molecule has 7 heteroatoms. The highest BCUT2D eigenvalue weighted by Crippen LogP contribution is 2.35. The molecule has 1 aromatic carbocycles. The van der Waals surface area contributed by atoms with E-state index in [4.69, 9.17) is 16.4 Å². The highest BCUT2D eigenvalue weighted by atomic mass is 16.5. The summed E-state index contributed by atoms with van der Waals surface area (Å²) in [6.07, 6.45) is 0.651. The normalized spacial score (nSPS) is 25.8. The maximum Gasteiger partial charge on any atom is 0.188 e. The predicted molar refractivity (Wildman–Crippen MR) is 91.9 cm³/mol. The first-order valence-corrected chi connectivity index (χ1v) is 8.13. The fourth-order valence-corrected chi connectivity index (χ4v) is 3.23. The number of hydrogen-bond acceptors (Lipinski definition) is 5. The van der Waals surface area contributed by atoms with Crippen molar-refractivity contribution >= 4 is 16.6 Å². The van der Waals surface area contributed by atoms with Crippen LogP contribution in [-0.4, -0.2) is 50.0 Å². The minimum atomic E-state index is -1.27. The van der Waals surface area contributed by atoms with Gasteiger partial charge in [-0.25, -0.2) is 4.85 Å². The Hall–Kier alpha value is -2.40. The van der Waals surface area contributed by atoms with E-state index in [1.807, 2.05) is 25.3 Å². The quantitative estimate of drug-likeness (QED) is 0.736. The van der Waals surface area contributed by atoms with Crippen molar-refractivity contribution < 1.29 is 20.1 Å². The predicted octanol–water partition coefficient (Wildman–Crippen LogP) is 1.78. The largest absolute Gasteiger partial charge is 0.492 e. The van der Waals surface area contributed by atoms with Gasteiger partial charge in [0.2, 0.25) is 0 Å². The molecule has 25 heavy (non-hydrogen) atoms. The Morgan fingerprint density at radius 2 is 2.16 bits per heavy atom. The Kier molecular flexibility index (Phi) is 4.77. The molecule has 0 saturated heterocycles. The van der Waals surface area contributed by atoms with E-state index in [9.17, 15) is 10.2 Å². The summed E-state index contributed by atoms with van der Waals surface area (Å²) in [5, 5.41) is 34.6. The maximum atomic E-state index is 10.3. The smallest absolute Gasteiger partial charge is 0.188 e. The number of rotatable bonds is 4. The van der Waals surface area contributed by atoms with Crippen LogP contribution in [0.5, 0.6) is 0 Å². The summed E-state index contributed by atoms with van der Waals surface area (Å²) in [5.41, 5.74) is 1.34. The van der Waals surface area contributed by atoms with E-state index in [1.165, 1.54) is 0 Å². The standard InChI is InChI=1S/C18H21N3O4/c1-10-6-15(11(2)18(25-10)17(24)16(23)9-22)21-8-12-7-13(19-3)4-5-14(12)20-21/h4-8,11,15-18,22-24H,9H2,1-2H3/t11-,15+,16?,17?,18-/m1/s1. The maximum absolute atomic E-state index is 10.3. The summed E-state index contributed by atoms with van der Waals surface area (Å²) in [4.78, 5) is 3.43. The molecule has 2 heterocycles. The molecule has 132 valence electrons. The first-order valence-electron chi connectivity index (χ1n) is 8.13. The second-order valence-corrected chi connectivity index (χ2v) is 6.41. The summed E-state index contributed by atoms with van der Waals surface area (Å²) in [5.74, 6) is 0.438. The molecule has 5 atom stereocenters.